The number of nitrogens with zero attached hydrogens (tertiary/aromatic N) is 2. The predicted octanol–water partition coefficient (Wildman–Crippen LogP) is 3.64. The number of benzene rings is 2. The minimum absolute atomic E-state index is 0.0162. The highest BCUT2D eigenvalue weighted by atomic mass is 79.9. The van der Waals surface area contributed by atoms with Crippen LogP contribution in [0.1, 0.15) is 12.5 Å². The van der Waals surface area contributed by atoms with E-state index in [2.05, 4.69) is 20.9 Å². The highest BCUT2D eigenvalue weighted by Crippen LogP contribution is 2.28. The molecule has 0 aliphatic heterocycles. The van der Waals surface area contributed by atoms with Gasteiger partial charge in [0, 0.05) is 4.47 Å². The summed E-state index contributed by atoms with van der Waals surface area (Å²) in [6.45, 7) is 2.03. The molecule has 6 nitrogen and oxygen atoms in total. The molecule has 0 amide bonds. The summed E-state index contributed by atoms with van der Waals surface area (Å²) < 4.78 is 13.2. The molecule has 28 heavy (non-hydrogen) atoms. The fraction of sp³-hybridized carbons (Fsp3) is 0.238. The van der Waals surface area contributed by atoms with Crippen molar-refractivity contribution in [2.24, 2.45) is 0 Å². The Labute approximate surface area is 171 Å². The topological polar surface area (TPSA) is 73.6 Å². The molecule has 2 aromatic carbocycles. The second-order valence-electron chi connectivity index (χ2n) is 6.24. The summed E-state index contributed by atoms with van der Waals surface area (Å²) in [4.78, 5) is 16.9. The van der Waals surface area contributed by atoms with Gasteiger partial charge in [0.2, 0.25) is 0 Å². The van der Waals surface area contributed by atoms with Gasteiger partial charge in [0.15, 0.2) is 11.5 Å². The Hall–Kier alpha value is -2.64. The molecule has 0 saturated heterocycles. The predicted molar refractivity (Wildman–Crippen MR) is 113 cm³/mol. The highest BCUT2D eigenvalue weighted by Gasteiger charge is 2.12. The van der Waals surface area contributed by atoms with Crippen molar-refractivity contribution in [2.45, 2.75) is 19.6 Å². The normalized spacial score (nSPS) is 12.4. The number of hydrogen-bond acceptors (Lipinski definition) is 5. The van der Waals surface area contributed by atoms with E-state index in [1.165, 1.54) is 10.9 Å². The summed E-state index contributed by atoms with van der Waals surface area (Å²) in [5, 5.41) is 10.8. The van der Waals surface area contributed by atoms with E-state index in [9.17, 15) is 9.90 Å². The number of aliphatic hydroxyl groups excluding tert-OH is 1. The lowest BCUT2D eigenvalue weighted by Crippen LogP contribution is -2.30. The second kappa shape index (κ2) is 9.03. The molecular weight excluding hydrogens is 424 g/mol. The summed E-state index contributed by atoms with van der Waals surface area (Å²) in [5.74, 6) is 1.11. The molecule has 0 bridgehead atoms. The largest absolute Gasteiger partial charge is 0.493 e. The number of aromatic nitrogens is 2. The van der Waals surface area contributed by atoms with Crippen LogP contribution >= 0.6 is 15.9 Å². The van der Waals surface area contributed by atoms with Crippen LogP contribution in [0.5, 0.6) is 11.5 Å². The van der Waals surface area contributed by atoms with Crippen molar-refractivity contribution in [2.75, 3.05) is 13.7 Å². The van der Waals surface area contributed by atoms with Gasteiger partial charge in [-0.05, 0) is 42.8 Å². The quantitative estimate of drug-likeness (QED) is 0.601. The van der Waals surface area contributed by atoms with Gasteiger partial charge in [-0.2, -0.15) is 0 Å². The van der Waals surface area contributed by atoms with Crippen molar-refractivity contribution >= 4 is 32.9 Å². The number of halogens is 1. The number of fused-ring (bicyclic) bond motifs is 1. The first kappa shape index (κ1) is 20.1. The molecule has 0 spiro atoms. The smallest absolute Gasteiger partial charge is 0.261 e. The molecule has 1 atom stereocenters. The standard InChI is InChI=1S/C21H21BrN2O4/c1-3-4-14-5-8-19(20(9-14)27-2)28-12-16(25)11-24-13-23-18-7-6-15(22)10-17(18)21(24)26/h3-10,13,16,25H,11-12H2,1-2H3/b4-3+. The molecule has 0 radical (unpaired) electrons. The first-order valence-electron chi connectivity index (χ1n) is 8.78. The number of ether oxygens (including phenoxy) is 2. The summed E-state index contributed by atoms with van der Waals surface area (Å²) in [6.07, 6.45) is 4.45. The van der Waals surface area contributed by atoms with Crippen molar-refractivity contribution in [3.05, 3.63) is 69.2 Å². The average molecular weight is 445 g/mol. The van der Waals surface area contributed by atoms with Gasteiger partial charge in [-0.3, -0.25) is 9.36 Å². The van der Waals surface area contributed by atoms with Crippen LogP contribution in [0, 0.1) is 0 Å². The Kier molecular flexibility index (Phi) is 6.49. The molecule has 0 aliphatic carbocycles. The number of aliphatic hydroxyl groups is 1. The Morgan fingerprint density at radius 2 is 2.07 bits per heavy atom. The van der Waals surface area contributed by atoms with Gasteiger partial charge in [0.1, 0.15) is 12.7 Å². The lowest BCUT2D eigenvalue weighted by atomic mass is 10.2. The number of rotatable bonds is 7. The van der Waals surface area contributed by atoms with E-state index < -0.39 is 6.10 Å². The van der Waals surface area contributed by atoms with E-state index in [1.54, 1.807) is 25.3 Å². The van der Waals surface area contributed by atoms with E-state index in [1.807, 2.05) is 37.3 Å². The van der Waals surface area contributed by atoms with E-state index in [4.69, 9.17) is 9.47 Å². The lowest BCUT2D eigenvalue weighted by Gasteiger charge is -2.16. The SMILES string of the molecule is C/C=C/c1ccc(OCC(O)Cn2cnc3ccc(Br)cc3c2=O)c(OC)c1. The Morgan fingerprint density at radius 1 is 1.25 bits per heavy atom. The summed E-state index contributed by atoms with van der Waals surface area (Å²) in [6, 6.07) is 10.9. The molecule has 0 saturated carbocycles. The zero-order valence-electron chi connectivity index (χ0n) is 15.6. The van der Waals surface area contributed by atoms with Crippen LogP contribution < -0.4 is 15.0 Å². The maximum atomic E-state index is 12.6. The van der Waals surface area contributed by atoms with Crippen molar-refractivity contribution in [1.29, 1.82) is 0 Å². The van der Waals surface area contributed by atoms with Gasteiger partial charge in [0.25, 0.3) is 5.56 Å². The Morgan fingerprint density at radius 3 is 2.82 bits per heavy atom. The highest BCUT2D eigenvalue weighted by molar-refractivity contribution is 9.10. The molecule has 1 heterocycles. The number of hydrogen-bond donors (Lipinski definition) is 1. The fourth-order valence-electron chi connectivity index (χ4n) is 2.83. The van der Waals surface area contributed by atoms with Crippen molar-refractivity contribution in [3.8, 4) is 11.5 Å². The van der Waals surface area contributed by atoms with E-state index in [-0.39, 0.29) is 18.7 Å². The summed E-state index contributed by atoms with van der Waals surface area (Å²) in [7, 11) is 1.57. The average Bonchev–Trinajstić information content (AvgIpc) is 2.69. The molecule has 1 unspecified atom stereocenters. The van der Waals surface area contributed by atoms with Gasteiger partial charge in [-0.1, -0.05) is 34.1 Å². The molecule has 0 aliphatic rings. The molecule has 7 heteroatoms. The minimum atomic E-state index is -0.885. The third-order valence-corrected chi connectivity index (χ3v) is 4.66. The minimum Gasteiger partial charge on any atom is -0.493 e. The zero-order valence-corrected chi connectivity index (χ0v) is 17.2. The molecular formula is C21H21BrN2O4. The molecule has 1 aromatic heterocycles. The van der Waals surface area contributed by atoms with Crippen LogP contribution in [0.2, 0.25) is 0 Å². The fourth-order valence-corrected chi connectivity index (χ4v) is 3.19. The molecule has 3 rings (SSSR count). The van der Waals surface area contributed by atoms with Crippen LogP contribution in [0.25, 0.3) is 17.0 Å². The summed E-state index contributed by atoms with van der Waals surface area (Å²) >= 11 is 3.36. The number of methoxy groups -OCH3 is 1. The first-order chi connectivity index (χ1) is 13.5. The molecule has 3 aromatic rings. The monoisotopic (exact) mass is 444 g/mol. The van der Waals surface area contributed by atoms with E-state index in [0.29, 0.717) is 22.4 Å². The van der Waals surface area contributed by atoms with Crippen LogP contribution in [-0.4, -0.2) is 34.5 Å². The van der Waals surface area contributed by atoms with E-state index in [0.717, 1.165) is 10.0 Å². The lowest BCUT2D eigenvalue weighted by molar-refractivity contribution is 0.0900. The maximum absolute atomic E-state index is 12.6. The summed E-state index contributed by atoms with van der Waals surface area (Å²) in [5.41, 5.74) is 1.40. The first-order valence-corrected chi connectivity index (χ1v) is 9.57. The van der Waals surface area contributed by atoms with Gasteiger partial charge in [-0.25, -0.2) is 4.98 Å². The van der Waals surface area contributed by atoms with Crippen LogP contribution in [0.3, 0.4) is 0 Å². The third kappa shape index (κ3) is 4.61. The van der Waals surface area contributed by atoms with Crippen molar-refractivity contribution in [3.63, 3.8) is 0 Å². The zero-order chi connectivity index (χ0) is 20.1. The van der Waals surface area contributed by atoms with Crippen molar-refractivity contribution < 1.29 is 14.6 Å². The van der Waals surface area contributed by atoms with Gasteiger partial charge < -0.3 is 14.6 Å². The van der Waals surface area contributed by atoms with Crippen molar-refractivity contribution in [1.82, 2.24) is 9.55 Å². The molecule has 1 N–H and O–H groups in total. The Bertz CT molecular complexity index is 1060. The van der Waals surface area contributed by atoms with Crippen LogP contribution in [0.15, 0.2) is 58.1 Å². The van der Waals surface area contributed by atoms with Crippen LogP contribution in [0.4, 0.5) is 0 Å². The second-order valence-corrected chi connectivity index (χ2v) is 7.15. The number of allylic oxidation sites excluding steroid dienone is 1. The van der Waals surface area contributed by atoms with Crippen LogP contribution in [-0.2, 0) is 6.54 Å². The van der Waals surface area contributed by atoms with Gasteiger partial charge >= 0.3 is 0 Å². The third-order valence-electron chi connectivity index (χ3n) is 4.17. The van der Waals surface area contributed by atoms with Gasteiger partial charge in [-0.15, -0.1) is 0 Å². The van der Waals surface area contributed by atoms with Gasteiger partial charge in [0.05, 0.1) is 30.9 Å². The van der Waals surface area contributed by atoms with E-state index >= 15 is 0 Å². The Balaban J connectivity index is 1.71. The molecule has 146 valence electrons. The maximum Gasteiger partial charge on any atom is 0.261 e. The molecule has 0 fully saturated rings.